The number of hydrogen-bond acceptors (Lipinski definition) is 6. The molecule has 3 heterocycles. The van der Waals surface area contributed by atoms with E-state index < -0.39 is 34.3 Å². The van der Waals surface area contributed by atoms with E-state index in [1.54, 1.807) is 12.1 Å². The summed E-state index contributed by atoms with van der Waals surface area (Å²) in [5.41, 5.74) is 5.99. The van der Waals surface area contributed by atoms with Crippen molar-refractivity contribution < 1.29 is 22.5 Å². The van der Waals surface area contributed by atoms with Crippen LogP contribution in [0.15, 0.2) is 47.6 Å². The van der Waals surface area contributed by atoms with Crippen LogP contribution in [0.3, 0.4) is 0 Å². The molecule has 31 heavy (non-hydrogen) atoms. The number of carbonyl (C=O) groups excluding carboxylic acids is 1. The zero-order valence-corrected chi connectivity index (χ0v) is 18.9. The van der Waals surface area contributed by atoms with E-state index in [9.17, 15) is 13.2 Å². The van der Waals surface area contributed by atoms with Gasteiger partial charge in [0.2, 0.25) is 5.91 Å². The largest absolute Gasteiger partial charge is 0.497 e. The van der Waals surface area contributed by atoms with Crippen LogP contribution < -0.4 is 11.2 Å². The number of primary amides is 1. The van der Waals surface area contributed by atoms with Crippen molar-refractivity contribution >= 4 is 39.5 Å². The first-order valence-corrected chi connectivity index (χ1v) is 11.3. The van der Waals surface area contributed by atoms with Gasteiger partial charge in [-0.25, -0.2) is 17.4 Å². The van der Waals surface area contributed by atoms with Crippen LogP contribution in [0.5, 0.6) is 0 Å². The number of aromatic nitrogens is 2. The molecule has 0 atom stereocenters. The summed E-state index contributed by atoms with van der Waals surface area (Å²) in [5.74, 6) is -0.720. The van der Waals surface area contributed by atoms with Crippen LogP contribution in [-0.2, 0) is 19.3 Å². The van der Waals surface area contributed by atoms with Gasteiger partial charge in [-0.1, -0.05) is 17.7 Å². The lowest BCUT2D eigenvalue weighted by molar-refractivity contribution is 0.00578. The summed E-state index contributed by atoms with van der Waals surface area (Å²) in [5, 5.41) is 0.315. The van der Waals surface area contributed by atoms with Crippen molar-refractivity contribution in [3.63, 3.8) is 0 Å². The number of hydrogen-bond donors (Lipinski definition) is 1. The Kier molecular flexibility index (Phi) is 4.80. The van der Waals surface area contributed by atoms with Crippen molar-refractivity contribution in [2.75, 3.05) is 0 Å². The van der Waals surface area contributed by atoms with E-state index in [2.05, 4.69) is 4.98 Å². The fourth-order valence-electron chi connectivity index (χ4n) is 3.52. The summed E-state index contributed by atoms with van der Waals surface area (Å²) in [4.78, 5) is 16.9. The summed E-state index contributed by atoms with van der Waals surface area (Å²) in [7, 11) is -4.77. The molecule has 1 amide bonds. The first-order valence-electron chi connectivity index (χ1n) is 9.83. The minimum absolute atomic E-state index is 0.106. The average molecular weight is 441 g/mol. The Balaban J connectivity index is 1.87. The molecule has 0 aliphatic carbocycles. The second-order valence-corrected chi connectivity index (χ2v) is 10.5. The van der Waals surface area contributed by atoms with Crippen LogP contribution in [-0.4, -0.2) is 41.6 Å². The van der Waals surface area contributed by atoms with E-state index >= 15 is 0 Å². The Bertz CT molecular complexity index is 1280. The summed E-state index contributed by atoms with van der Waals surface area (Å²) in [6.45, 7) is 9.46. The second kappa shape index (κ2) is 6.91. The smallest absolute Gasteiger partial charge is 0.399 e. The monoisotopic (exact) mass is 441 g/mol. The highest BCUT2D eigenvalue weighted by atomic mass is 32.2. The zero-order valence-electron chi connectivity index (χ0n) is 18.0. The molecule has 2 aromatic heterocycles. The maximum atomic E-state index is 13.2. The van der Waals surface area contributed by atoms with Gasteiger partial charge in [-0.05, 0) is 52.8 Å². The van der Waals surface area contributed by atoms with Crippen LogP contribution in [0.2, 0.25) is 0 Å². The van der Waals surface area contributed by atoms with Crippen molar-refractivity contribution in [1.82, 2.24) is 8.96 Å². The molecule has 0 spiro atoms. The van der Waals surface area contributed by atoms with E-state index in [0.717, 1.165) is 9.54 Å². The summed E-state index contributed by atoms with van der Waals surface area (Å²) < 4.78 is 39.5. The van der Waals surface area contributed by atoms with Gasteiger partial charge in [0, 0.05) is 23.2 Å². The molecule has 2 N–H and O–H groups in total. The molecule has 0 bridgehead atoms. The van der Waals surface area contributed by atoms with Crippen molar-refractivity contribution in [2.24, 2.45) is 5.73 Å². The number of nitrogens with two attached hydrogens (primary N) is 1. The fourth-order valence-corrected chi connectivity index (χ4v) is 4.82. The van der Waals surface area contributed by atoms with Gasteiger partial charge in [0.1, 0.15) is 0 Å². The minimum Gasteiger partial charge on any atom is -0.399 e. The quantitative estimate of drug-likeness (QED) is 0.620. The molecule has 0 radical (unpaired) electrons. The van der Waals surface area contributed by atoms with Gasteiger partial charge in [-0.15, -0.1) is 0 Å². The number of fused-ring (bicyclic) bond motifs is 1. The number of carbonyl (C=O) groups is 1. The maximum absolute atomic E-state index is 13.2. The van der Waals surface area contributed by atoms with Crippen LogP contribution in [0, 0.1) is 6.92 Å². The van der Waals surface area contributed by atoms with Gasteiger partial charge in [-0.2, -0.15) is 0 Å². The van der Waals surface area contributed by atoms with Gasteiger partial charge in [-0.3, -0.25) is 4.79 Å². The summed E-state index contributed by atoms with van der Waals surface area (Å²) in [6.07, 6.45) is 2.76. The van der Waals surface area contributed by atoms with E-state index in [4.69, 9.17) is 15.0 Å². The Morgan fingerprint density at radius 1 is 1.06 bits per heavy atom. The molecule has 0 saturated carbocycles. The lowest BCUT2D eigenvalue weighted by Crippen LogP contribution is -2.41. The lowest BCUT2D eigenvalue weighted by Gasteiger charge is -2.32. The first kappa shape index (κ1) is 21.5. The second-order valence-electron chi connectivity index (χ2n) is 8.71. The number of amides is 1. The zero-order chi connectivity index (χ0) is 22.8. The number of benzene rings is 1. The molecule has 1 aromatic carbocycles. The normalized spacial score (nSPS) is 17.9. The maximum Gasteiger partial charge on any atom is 0.497 e. The molecule has 1 aliphatic rings. The highest BCUT2D eigenvalue weighted by Crippen LogP contribution is 2.37. The molecule has 3 aromatic rings. The van der Waals surface area contributed by atoms with E-state index in [0.29, 0.717) is 10.8 Å². The molecule has 1 aliphatic heterocycles. The summed E-state index contributed by atoms with van der Waals surface area (Å²) >= 11 is 0. The topological polar surface area (TPSA) is 114 Å². The highest BCUT2D eigenvalue weighted by Gasteiger charge is 2.52. The van der Waals surface area contributed by atoms with E-state index in [1.807, 2.05) is 34.6 Å². The van der Waals surface area contributed by atoms with Crippen LogP contribution in [0.25, 0.3) is 11.0 Å². The third-order valence-corrected chi connectivity index (χ3v) is 7.72. The van der Waals surface area contributed by atoms with E-state index in [1.165, 1.54) is 30.6 Å². The SMILES string of the molecule is Cc1ccc(S(=O)(=O)n2ccc3c(C(N)=O)c(B4OC(C)(C)C(C)(C)O4)cnc32)cc1. The Morgan fingerprint density at radius 3 is 2.19 bits per heavy atom. The van der Waals surface area contributed by atoms with Crippen LogP contribution >= 0.6 is 0 Å². The van der Waals surface area contributed by atoms with Crippen LogP contribution in [0.4, 0.5) is 0 Å². The molecule has 10 heteroatoms. The predicted molar refractivity (Wildman–Crippen MR) is 118 cm³/mol. The number of rotatable bonds is 4. The van der Waals surface area contributed by atoms with E-state index in [-0.39, 0.29) is 16.1 Å². The van der Waals surface area contributed by atoms with Gasteiger partial charge in [0.15, 0.2) is 5.65 Å². The van der Waals surface area contributed by atoms with Gasteiger partial charge in [0.25, 0.3) is 10.0 Å². The highest BCUT2D eigenvalue weighted by molar-refractivity contribution is 7.90. The third-order valence-electron chi connectivity index (χ3n) is 6.04. The van der Waals surface area contributed by atoms with Crippen molar-refractivity contribution in [2.45, 2.75) is 50.7 Å². The Hall–Kier alpha value is -2.69. The predicted octanol–water partition coefficient (Wildman–Crippen LogP) is 1.98. The summed E-state index contributed by atoms with van der Waals surface area (Å²) in [6, 6.07) is 8.02. The fraction of sp³-hybridized carbons (Fsp3) is 0.333. The Labute approximate surface area is 181 Å². The molecular formula is C21H24BN3O5S. The van der Waals surface area contributed by atoms with Gasteiger partial charge >= 0.3 is 7.12 Å². The number of aryl methyl sites for hydroxylation is 1. The number of pyridine rings is 1. The molecule has 0 unspecified atom stereocenters. The van der Waals surface area contributed by atoms with Crippen molar-refractivity contribution in [3.05, 3.63) is 53.9 Å². The standard InChI is InChI=1S/C21H24BN3O5S/c1-13-6-8-14(9-7-13)31(27,28)25-11-10-15-17(18(23)26)16(12-24-19(15)25)22-29-20(2,3)21(4,5)30-22/h6-12H,1-5H3,(H2,23,26). The van der Waals surface area contributed by atoms with Crippen LogP contribution in [0.1, 0.15) is 43.6 Å². The molecule has 1 saturated heterocycles. The minimum atomic E-state index is -3.91. The molecule has 1 fully saturated rings. The van der Waals surface area contributed by atoms with Crippen molar-refractivity contribution in [3.8, 4) is 0 Å². The van der Waals surface area contributed by atoms with Gasteiger partial charge < -0.3 is 15.0 Å². The van der Waals surface area contributed by atoms with Crippen molar-refractivity contribution in [1.29, 1.82) is 0 Å². The molecule has 162 valence electrons. The number of nitrogens with zero attached hydrogens (tertiary/aromatic N) is 2. The van der Waals surface area contributed by atoms with Gasteiger partial charge in [0.05, 0.1) is 21.7 Å². The molecular weight excluding hydrogens is 417 g/mol. The molecule has 4 rings (SSSR count). The lowest BCUT2D eigenvalue weighted by atomic mass is 9.76. The first-order chi connectivity index (χ1) is 14.3. The third kappa shape index (κ3) is 3.35. The Morgan fingerprint density at radius 2 is 1.65 bits per heavy atom. The molecule has 8 nitrogen and oxygen atoms in total. The average Bonchev–Trinajstić information content (AvgIpc) is 3.19.